The number of hydrogen-bond acceptors (Lipinski definition) is 5. The van der Waals surface area contributed by atoms with Gasteiger partial charge >= 0.3 is 5.97 Å². The van der Waals surface area contributed by atoms with Gasteiger partial charge in [0.2, 0.25) is 0 Å². The van der Waals surface area contributed by atoms with Crippen LogP contribution < -0.4 is 14.8 Å². The van der Waals surface area contributed by atoms with Gasteiger partial charge in [-0.25, -0.2) is 4.79 Å². The summed E-state index contributed by atoms with van der Waals surface area (Å²) in [5, 5.41) is 3.46. The van der Waals surface area contributed by atoms with Crippen LogP contribution in [-0.2, 0) is 16.1 Å². The summed E-state index contributed by atoms with van der Waals surface area (Å²) in [6.07, 6.45) is 1.86. The Morgan fingerprint density at radius 3 is 2.76 bits per heavy atom. The Kier molecular flexibility index (Phi) is 5.44. The summed E-state index contributed by atoms with van der Waals surface area (Å²) in [6, 6.07) is 6.44. The molecule has 0 bridgehead atoms. The van der Waals surface area contributed by atoms with E-state index in [0.29, 0.717) is 24.1 Å². The Morgan fingerprint density at radius 2 is 2.14 bits per heavy atom. The van der Waals surface area contributed by atoms with Crippen LogP contribution in [0.25, 0.3) is 0 Å². The minimum atomic E-state index is -0.662. The van der Waals surface area contributed by atoms with E-state index in [0.717, 1.165) is 12.1 Å². The Labute approximate surface area is 125 Å². The van der Waals surface area contributed by atoms with Gasteiger partial charge in [0, 0.05) is 12.6 Å². The molecule has 1 N–H and O–H groups in total. The minimum absolute atomic E-state index is 0.406. The smallest absolute Gasteiger partial charge is 0.346 e. The van der Waals surface area contributed by atoms with Gasteiger partial charge in [-0.15, -0.1) is 0 Å². The van der Waals surface area contributed by atoms with Gasteiger partial charge in [0.15, 0.2) is 17.6 Å². The molecule has 0 spiro atoms. The number of nitrogens with one attached hydrogen (secondary N) is 1. The fraction of sp³-hybridized carbons (Fsp3) is 0.562. The highest BCUT2D eigenvalue weighted by atomic mass is 16.6. The Balaban J connectivity index is 2.05. The van der Waals surface area contributed by atoms with Gasteiger partial charge in [-0.3, -0.25) is 0 Å². The number of esters is 1. The lowest BCUT2D eigenvalue weighted by Gasteiger charge is -2.17. The normalized spacial score (nSPS) is 15.4. The predicted octanol–water partition coefficient (Wildman–Crippen LogP) is 2.28. The molecule has 116 valence electrons. The highest BCUT2D eigenvalue weighted by molar-refractivity contribution is 5.74. The molecule has 0 saturated heterocycles. The number of carbonyl (C=O) groups is 1. The first-order valence-electron chi connectivity index (χ1n) is 7.37. The summed E-state index contributed by atoms with van der Waals surface area (Å²) in [5.74, 6) is 0.810. The zero-order valence-corrected chi connectivity index (χ0v) is 12.8. The Hall–Kier alpha value is -1.75. The molecular formula is C16H23NO4. The summed E-state index contributed by atoms with van der Waals surface area (Å²) >= 11 is 0. The van der Waals surface area contributed by atoms with Gasteiger partial charge in [0.1, 0.15) is 0 Å². The molecule has 1 aromatic carbocycles. The molecule has 1 aliphatic rings. The molecule has 2 rings (SSSR count). The largest absolute Gasteiger partial charge is 0.490 e. The van der Waals surface area contributed by atoms with E-state index >= 15 is 0 Å². The maximum atomic E-state index is 11.4. The van der Waals surface area contributed by atoms with Gasteiger partial charge in [-0.2, -0.15) is 0 Å². The molecular weight excluding hydrogens is 270 g/mol. The molecule has 0 aromatic heterocycles. The van der Waals surface area contributed by atoms with E-state index in [9.17, 15) is 4.79 Å². The second-order valence-corrected chi connectivity index (χ2v) is 5.15. The van der Waals surface area contributed by atoms with Gasteiger partial charge in [0.05, 0.1) is 13.7 Å². The van der Waals surface area contributed by atoms with Crippen LogP contribution >= 0.6 is 0 Å². The molecule has 1 fully saturated rings. The van der Waals surface area contributed by atoms with Crippen molar-refractivity contribution in [2.75, 3.05) is 13.7 Å². The molecule has 5 heteroatoms. The van der Waals surface area contributed by atoms with Crippen LogP contribution in [0.5, 0.6) is 11.5 Å². The first-order valence-corrected chi connectivity index (χ1v) is 7.37. The van der Waals surface area contributed by atoms with Gasteiger partial charge in [0.25, 0.3) is 0 Å². The lowest BCUT2D eigenvalue weighted by molar-refractivity contribution is -0.147. The molecule has 5 nitrogen and oxygen atoms in total. The van der Waals surface area contributed by atoms with Crippen LogP contribution in [0.1, 0.15) is 32.3 Å². The van der Waals surface area contributed by atoms with E-state index in [1.807, 2.05) is 25.1 Å². The van der Waals surface area contributed by atoms with E-state index < -0.39 is 12.1 Å². The monoisotopic (exact) mass is 293 g/mol. The van der Waals surface area contributed by atoms with Crippen LogP contribution in [0.3, 0.4) is 0 Å². The van der Waals surface area contributed by atoms with Crippen molar-refractivity contribution in [3.05, 3.63) is 23.8 Å². The highest BCUT2D eigenvalue weighted by Gasteiger charge is 2.21. The van der Waals surface area contributed by atoms with Crippen LogP contribution in [0.4, 0.5) is 0 Å². The molecule has 21 heavy (non-hydrogen) atoms. The molecule has 1 atom stereocenters. The summed E-state index contributed by atoms with van der Waals surface area (Å²) in [6.45, 7) is 4.94. The number of ether oxygens (including phenoxy) is 3. The van der Waals surface area contributed by atoms with E-state index in [2.05, 4.69) is 10.1 Å². The molecule has 0 amide bonds. The number of methoxy groups -OCH3 is 1. The fourth-order valence-electron chi connectivity index (χ4n) is 1.98. The van der Waals surface area contributed by atoms with Crippen molar-refractivity contribution in [2.45, 2.75) is 45.4 Å². The molecule has 1 saturated carbocycles. The number of rotatable bonds is 8. The second-order valence-electron chi connectivity index (χ2n) is 5.15. The summed E-state index contributed by atoms with van der Waals surface area (Å²) in [7, 11) is 1.35. The van der Waals surface area contributed by atoms with Gasteiger partial charge in [-0.1, -0.05) is 6.07 Å². The van der Waals surface area contributed by atoms with E-state index in [1.165, 1.54) is 20.0 Å². The Bertz CT molecular complexity index is 485. The zero-order valence-electron chi connectivity index (χ0n) is 12.8. The van der Waals surface area contributed by atoms with Crippen LogP contribution in [0.2, 0.25) is 0 Å². The van der Waals surface area contributed by atoms with Crippen molar-refractivity contribution >= 4 is 5.97 Å². The van der Waals surface area contributed by atoms with Crippen molar-refractivity contribution in [2.24, 2.45) is 0 Å². The fourth-order valence-corrected chi connectivity index (χ4v) is 1.98. The lowest BCUT2D eigenvalue weighted by atomic mass is 10.2. The van der Waals surface area contributed by atoms with Crippen molar-refractivity contribution in [3.63, 3.8) is 0 Å². The molecule has 1 aliphatic carbocycles. The van der Waals surface area contributed by atoms with E-state index in [1.54, 1.807) is 6.92 Å². The maximum Gasteiger partial charge on any atom is 0.346 e. The maximum absolute atomic E-state index is 11.4. The summed E-state index contributed by atoms with van der Waals surface area (Å²) < 4.78 is 15.9. The van der Waals surface area contributed by atoms with Crippen LogP contribution in [0, 0.1) is 0 Å². The number of hydrogen-bond donors (Lipinski definition) is 1. The third-order valence-corrected chi connectivity index (χ3v) is 3.32. The van der Waals surface area contributed by atoms with Crippen molar-refractivity contribution < 1.29 is 19.0 Å². The average Bonchev–Trinajstić information content (AvgIpc) is 3.31. The van der Waals surface area contributed by atoms with E-state index in [4.69, 9.17) is 9.47 Å². The zero-order chi connectivity index (χ0) is 15.2. The number of benzene rings is 1. The minimum Gasteiger partial charge on any atom is -0.490 e. The highest BCUT2D eigenvalue weighted by Crippen LogP contribution is 2.30. The summed E-state index contributed by atoms with van der Waals surface area (Å²) in [4.78, 5) is 11.4. The Morgan fingerprint density at radius 1 is 1.38 bits per heavy atom. The third-order valence-electron chi connectivity index (χ3n) is 3.32. The molecule has 1 aromatic rings. The first-order chi connectivity index (χ1) is 10.1. The van der Waals surface area contributed by atoms with Crippen LogP contribution in [-0.4, -0.2) is 31.8 Å². The quantitative estimate of drug-likeness (QED) is 0.745. The van der Waals surface area contributed by atoms with Crippen LogP contribution in [0.15, 0.2) is 18.2 Å². The number of carbonyl (C=O) groups excluding carboxylic acids is 1. The molecule has 0 heterocycles. The topological polar surface area (TPSA) is 56.8 Å². The first kappa shape index (κ1) is 15.6. The standard InChI is InChI=1S/C16H23NO4/c1-4-20-15-9-12(10-17-13-6-7-13)5-8-14(15)21-11(2)16(18)19-3/h5,8-9,11,13,17H,4,6-7,10H2,1-3H3. The van der Waals surface area contributed by atoms with Gasteiger partial charge < -0.3 is 19.5 Å². The molecule has 0 aliphatic heterocycles. The van der Waals surface area contributed by atoms with Crippen molar-refractivity contribution in [1.29, 1.82) is 0 Å². The molecule has 1 unspecified atom stereocenters. The van der Waals surface area contributed by atoms with Gasteiger partial charge in [-0.05, 0) is 44.4 Å². The predicted molar refractivity (Wildman–Crippen MR) is 79.6 cm³/mol. The van der Waals surface area contributed by atoms with Crippen molar-refractivity contribution in [3.8, 4) is 11.5 Å². The SMILES string of the molecule is CCOc1cc(CNC2CC2)ccc1OC(C)C(=O)OC. The second kappa shape index (κ2) is 7.31. The van der Waals surface area contributed by atoms with Crippen molar-refractivity contribution in [1.82, 2.24) is 5.32 Å². The lowest BCUT2D eigenvalue weighted by Crippen LogP contribution is -2.25. The molecule has 0 radical (unpaired) electrons. The summed E-state index contributed by atoms with van der Waals surface area (Å²) in [5.41, 5.74) is 1.14. The van der Waals surface area contributed by atoms with E-state index in [-0.39, 0.29) is 0 Å². The average molecular weight is 293 g/mol. The third kappa shape index (κ3) is 4.63.